The molecule has 4 nitrogen and oxygen atoms in total. The molecule has 0 aliphatic rings. The molecule has 0 N–H and O–H groups in total. The van der Waals surface area contributed by atoms with Gasteiger partial charge in [-0.1, -0.05) is 29.2 Å². The maximum Gasteiger partial charge on any atom is 0.161 e. The van der Waals surface area contributed by atoms with Crippen molar-refractivity contribution in [2.24, 2.45) is 0 Å². The van der Waals surface area contributed by atoms with Crippen molar-refractivity contribution in [1.29, 1.82) is 0 Å². The standard InChI is InChI=1S/C8H9ClN4S2/c1-2-3-5-7(15-13-10-5)8-12-11-6(4-9)14-8/h2-4H2,1H3. The van der Waals surface area contributed by atoms with Crippen LogP contribution >= 0.6 is 34.5 Å². The van der Waals surface area contributed by atoms with Gasteiger partial charge in [0.25, 0.3) is 0 Å². The van der Waals surface area contributed by atoms with Gasteiger partial charge in [0.2, 0.25) is 0 Å². The number of hydrogen-bond donors (Lipinski definition) is 0. The summed E-state index contributed by atoms with van der Waals surface area (Å²) >= 11 is 8.56. The van der Waals surface area contributed by atoms with Crippen molar-refractivity contribution in [3.8, 4) is 9.88 Å². The van der Waals surface area contributed by atoms with E-state index < -0.39 is 0 Å². The highest BCUT2D eigenvalue weighted by atomic mass is 35.5. The van der Waals surface area contributed by atoms with Crippen LogP contribution < -0.4 is 0 Å². The van der Waals surface area contributed by atoms with Crippen LogP contribution in [0.25, 0.3) is 9.88 Å². The Bertz CT molecular complexity index is 439. The van der Waals surface area contributed by atoms with Crippen LogP contribution in [0.2, 0.25) is 0 Å². The molecule has 80 valence electrons. The molecule has 0 spiro atoms. The molecule has 0 saturated carbocycles. The predicted molar refractivity (Wildman–Crippen MR) is 62.4 cm³/mol. The third-order valence-corrected chi connectivity index (χ3v) is 4.07. The topological polar surface area (TPSA) is 51.6 Å². The van der Waals surface area contributed by atoms with E-state index in [0.29, 0.717) is 5.88 Å². The second-order valence-electron chi connectivity index (χ2n) is 2.93. The maximum atomic E-state index is 5.68. The number of alkyl halides is 1. The molecule has 0 saturated heterocycles. The molecule has 7 heteroatoms. The van der Waals surface area contributed by atoms with Gasteiger partial charge in [0.1, 0.15) is 9.88 Å². The molecule has 0 bridgehead atoms. The Hall–Kier alpha value is -0.590. The minimum absolute atomic E-state index is 0.410. The van der Waals surface area contributed by atoms with Crippen LogP contribution in [0.5, 0.6) is 0 Å². The van der Waals surface area contributed by atoms with Gasteiger partial charge in [0.15, 0.2) is 5.01 Å². The summed E-state index contributed by atoms with van der Waals surface area (Å²) in [5.74, 6) is 0.410. The van der Waals surface area contributed by atoms with E-state index >= 15 is 0 Å². The molecule has 0 aromatic carbocycles. The van der Waals surface area contributed by atoms with Crippen LogP contribution in [0.4, 0.5) is 0 Å². The average Bonchev–Trinajstić information content (AvgIpc) is 2.85. The average molecular weight is 261 g/mol. The SMILES string of the molecule is CCCc1nnsc1-c1nnc(CCl)s1. The molecule has 2 heterocycles. The van der Waals surface area contributed by atoms with Crippen LogP contribution in [0, 0.1) is 0 Å². The molecule has 2 rings (SSSR count). The second kappa shape index (κ2) is 4.96. The molecule has 0 unspecified atom stereocenters. The second-order valence-corrected chi connectivity index (χ2v) is 5.02. The first-order valence-electron chi connectivity index (χ1n) is 4.55. The third kappa shape index (κ3) is 2.32. The highest BCUT2D eigenvalue weighted by Crippen LogP contribution is 2.29. The first kappa shape index (κ1) is 10.9. The predicted octanol–water partition coefficient (Wildman–Crippen LogP) is 2.75. The van der Waals surface area contributed by atoms with Crippen LogP contribution in [0.1, 0.15) is 24.0 Å². The van der Waals surface area contributed by atoms with Gasteiger partial charge in [-0.15, -0.1) is 26.9 Å². The summed E-state index contributed by atoms with van der Waals surface area (Å²) in [6.07, 6.45) is 1.99. The number of rotatable bonds is 4. The van der Waals surface area contributed by atoms with Crippen molar-refractivity contribution < 1.29 is 0 Å². The van der Waals surface area contributed by atoms with Crippen LogP contribution in [-0.2, 0) is 12.3 Å². The molecular formula is C8H9ClN4S2. The molecule has 2 aromatic rings. The van der Waals surface area contributed by atoms with E-state index in [9.17, 15) is 0 Å². The summed E-state index contributed by atoms with van der Waals surface area (Å²) in [5, 5.41) is 13.9. The largest absolute Gasteiger partial charge is 0.161 e. The fraction of sp³-hybridized carbons (Fsp3) is 0.500. The third-order valence-electron chi connectivity index (χ3n) is 1.82. The first-order valence-corrected chi connectivity index (χ1v) is 6.67. The van der Waals surface area contributed by atoms with E-state index in [1.165, 1.54) is 22.9 Å². The summed E-state index contributed by atoms with van der Waals surface area (Å²) in [7, 11) is 0. The molecule has 0 radical (unpaired) electrons. The van der Waals surface area contributed by atoms with E-state index in [1.807, 2.05) is 0 Å². The van der Waals surface area contributed by atoms with E-state index in [1.54, 1.807) is 0 Å². The molecule has 0 atom stereocenters. The van der Waals surface area contributed by atoms with Gasteiger partial charge in [0, 0.05) is 0 Å². The number of hydrogen-bond acceptors (Lipinski definition) is 6. The zero-order valence-corrected chi connectivity index (χ0v) is 10.5. The molecule has 0 aliphatic carbocycles. The van der Waals surface area contributed by atoms with Crippen molar-refractivity contribution in [2.75, 3.05) is 0 Å². The minimum atomic E-state index is 0.410. The van der Waals surface area contributed by atoms with Crippen molar-refractivity contribution in [3.05, 3.63) is 10.7 Å². The van der Waals surface area contributed by atoms with Gasteiger partial charge < -0.3 is 0 Å². The van der Waals surface area contributed by atoms with Crippen molar-refractivity contribution in [2.45, 2.75) is 25.6 Å². The lowest BCUT2D eigenvalue weighted by Crippen LogP contribution is -1.86. The summed E-state index contributed by atoms with van der Waals surface area (Å²) in [5.41, 5.74) is 1.01. The Morgan fingerprint density at radius 2 is 2.13 bits per heavy atom. The van der Waals surface area contributed by atoms with E-state index in [2.05, 4.69) is 26.7 Å². The fourth-order valence-corrected chi connectivity index (χ4v) is 2.86. The Morgan fingerprint density at radius 1 is 1.27 bits per heavy atom. The highest BCUT2D eigenvalue weighted by molar-refractivity contribution is 7.19. The summed E-state index contributed by atoms with van der Waals surface area (Å²) in [4.78, 5) is 1.03. The number of halogens is 1. The maximum absolute atomic E-state index is 5.68. The number of aryl methyl sites for hydroxylation is 1. The Balaban J connectivity index is 2.31. The fourth-order valence-electron chi connectivity index (χ4n) is 1.17. The van der Waals surface area contributed by atoms with E-state index in [4.69, 9.17) is 11.6 Å². The molecule has 0 amide bonds. The zero-order valence-electron chi connectivity index (χ0n) is 8.10. The van der Waals surface area contributed by atoms with Gasteiger partial charge in [-0.05, 0) is 18.0 Å². The zero-order chi connectivity index (χ0) is 10.7. The monoisotopic (exact) mass is 260 g/mol. The van der Waals surface area contributed by atoms with Gasteiger partial charge >= 0.3 is 0 Å². The van der Waals surface area contributed by atoms with Gasteiger partial charge in [-0.3, -0.25) is 0 Å². The lowest BCUT2D eigenvalue weighted by atomic mass is 10.2. The van der Waals surface area contributed by atoms with Crippen LogP contribution in [-0.4, -0.2) is 19.8 Å². The van der Waals surface area contributed by atoms with Crippen molar-refractivity contribution in [1.82, 2.24) is 19.8 Å². The lowest BCUT2D eigenvalue weighted by Gasteiger charge is -1.92. The first-order chi connectivity index (χ1) is 7.35. The van der Waals surface area contributed by atoms with Crippen molar-refractivity contribution >= 4 is 34.5 Å². The number of nitrogens with zero attached hydrogens (tertiary/aromatic N) is 4. The van der Waals surface area contributed by atoms with Crippen LogP contribution in [0.15, 0.2) is 0 Å². The van der Waals surface area contributed by atoms with Crippen LogP contribution in [0.3, 0.4) is 0 Å². The van der Waals surface area contributed by atoms with Crippen molar-refractivity contribution in [3.63, 3.8) is 0 Å². The Labute approximate surface area is 100 Å². The van der Waals surface area contributed by atoms with Gasteiger partial charge in [-0.2, -0.15) is 0 Å². The summed E-state index contributed by atoms with van der Waals surface area (Å²) in [6, 6.07) is 0. The molecule has 2 aromatic heterocycles. The molecular weight excluding hydrogens is 252 g/mol. The van der Waals surface area contributed by atoms with Gasteiger partial charge in [-0.25, -0.2) is 0 Å². The summed E-state index contributed by atoms with van der Waals surface area (Å²) < 4.78 is 3.95. The normalized spacial score (nSPS) is 10.8. The summed E-state index contributed by atoms with van der Waals surface area (Å²) in [6.45, 7) is 2.12. The minimum Gasteiger partial charge on any atom is -0.142 e. The van der Waals surface area contributed by atoms with E-state index in [-0.39, 0.29) is 0 Å². The number of aromatic nitrogens is 4. The lowest BCUT2D eigenvalue weighted by molar-refractivity contribution is 0.870. The van der Waals surface area contributed by atoms with E-state index in [0.717, 1.165) is 33.4 Å². The highest BCUT2D eigenvalue weighted by Gasteiger charge is 2.14. The quantitative estimate of drug-likeness (QED) is 0.794. The molecule has 0 fully saturated rings. The molecule has 15 heavy (non-hydrogen) atoms. The Morgan fingerprint density at radius 3 is 2.80 bits per heavy atom. The smallest absolute Gasteiger partial charge is 0.142 e. The molecule has 0 aliphatic heterocycles. The Kier molecular flexibility index (Phi) is 3.61. The van der Waals surface area contributed by atoms with Gasteiger partial charge in [0.05, 0.1) is 11.6 Å².